The Bertz CT molecular complexity index is 292. The number of aryl methyl sites for hydroxylation is 1. The predicted octanol–water partition coefficient (Wildman–Crippen LogP) is 2.33. The van der Waals surface area contributed by atoms with Gasteiger partial charge in [0, 0.05) is 19.6 Å². The molecule has 0 radical (unpaired) electrons. The van der Waals surface area contributed by atoms with Gasteiger partial charge in [0.1, 0.15) is 0 Å². The maximum atomic E-state index is 3.35. The highest BCUT2D eigenvalue weighted by Crippen LogP contribution is 2.06. The maximum absolute atomic E-state index is 3.35. The topological polar surface area (TPSA) is 15.3 Å². The molecule has 0 bridgehead atoms. The van der Waals surface area contributed by atoms with Crippen LogP contribution in [0.1, 0.15) is 25.0 Å². The van der Waals surface area contributed by atoms with Gasteiger partial charge in [-0.05, 0) is 37.6 Å². The smallest absolute Gasteiger partial charge is 0.0104 e. The molecule has 0 atom stereocenters. The van der Waals surface area contributed by atoms with Gasteiger partial charge in [0.25, 0.3) is 0 Å². The molecule has 0 aliphatic heterocycles. The zero-order valence-corrected chi connectivity index (χ0v) is 11.5. The van der Waals surface area contributed by atoms with Crippen molar-refractivity contribution in [3.05, 3.63) is 35.4 Å². The van der Waals surface area contributed by atoms with Crippen molar-refractivity contribution >= 4 is 0 Å². The zero-order chi connectivity index (χ0) is 12.5. The number of nitrogens with one attached hydrogen (secondary N) is 1. The minimum Gasteiger partial charge on any atom is -0.316 e. The molecule has 0 heterocycles. The highest BCUT2D eigenvalue weighted by molar-refractivity contribution is 5.22. The van der Waals surface area contributed by atoms with E-state index in [2.05, 4.69) is 55.4 Å². The lowest BCUT2D eigenvalue weighted by atomic mass is 10.1. The van der Waals surface area contributed by atoms with E-state index in [0.29, 0.717) is 0 Å². The van der Waals surface area contributed by atoms with Gasteiger partial charge < -0.3 is 10.2 Å². The van der Waals surface area contributed by atoms with Crippen LogP contribution in [-0.2, 0) is 12.8 Å². The second-order valence-electron chi connectivity index (χ2n) is 4.58. The van der Waals surface area contributed by atoms with E-state index in [-0.39, 0.29) is 0 Å². The average molecular weight is 234 g/mol. The van der Waals surface area contributed by atoms with Crippen LogP contribution in [0.3, 0.4) is 0 Å². The number of benzene rings is 1. The number of likely N-dealkylation sites (N-methyl/N-ethyl adjacent to an activating group) is 2. The third kappa shape index (κ3) is 5.85. The molecule has 96 valence electrons. The first kappa shape index (κ1) is 14.2. The minimum atomic E-state index is 1.06. The molecule has 2 heteroatoms. The van der Waals surface area contributed by atoms with Crippen LogP contribution in [0.4, 0.5) is 0 Å². The summed E-state index contributed by atoms with van der Waals surface area (Å²) in [6, 6.07) is 9.01. The number of rotatable bonds is 8. The van der Waals surface area contributed by atoms with Crippen molar-refractivity contribution in [1.29, 1.82) is 0 Å². The van der Waals surface area contributed by atoms with E-state index in [0.717, 1.165) is 39.0 Å². The Balaban J connectivity index is 2.24. The Kier molecular flexibility index (Phi) is 6.90. The Morgan fingerprint density at radius 1 is 1.00 bits per heavy atom. The fourth-order valence-electron chi connectivity index (χ4n) is 1.82. The summed E-state index contributed by atoms with van der Waals surface area (Å²) >= 11 is 0. The summed E-state index contributed by atoms with van der Waals surface area (Å²) in [6.07, 6.45) is 2.27. The largest absolute Gasteiger partial charge is 0.316 e. The Morgan fingerprint density at radius 2 is 1.65 bits per heavy atom. The third-order valence-electron chi connectivity index (χ3n) is 3.13. The Labute approximate surface area is 106 Å². The van der Waals surface area contributed by atoms with Gasteiger partial charge in [-0.3, -0.25) is 0 Å². The van der Waals surface area contributed by atoms with Crippen molar-refractivity contribution in [1.82, 2.24) is 10.2 Å². The van der Waals surface area contributed by atoms with Crippen LogP contribution in [0.5, 0.6) is 0 Å². The number of hydrogen-bond acceptors (Lipinski definition) is 2. The molecule has 1 N–H and O–H groups in total. The molecule has 0 saturated heterocycles. The molecular formula is C15H26N2. The van der Waals surface area contributed by atoms with Gasteiger partial charge in [-0.1, -0.05) is 38.1 Å². The van der Waals surface area contributed by atoms with Crippen molar-refractivity contribution in [2.75, 3.05) is 33.2 Å². The van der Waals surface area contributed by atoms with Crippen molar-refractivity contribution in [2.45, 2.75) is 26.7 Å². The first-order valence-corrected chi connectivity index (χ1v) is 6.73. The molecule has 0 spiro atoms. The van der Waals surface area contributed by atoms with E-state index in [9.17, 15) is 0 Å². The van der Waals surface area contributed by atoms with Crippen LogP contribution < -0.4 is 5.32 Å². The summed E-state index contributed by atoms with van der Waals surface area (Å²) < 4.78 is 0. The van der Waals surface area contributed by atoms with Gasteiger partial charge in [-0.15, -0.1) is 0 Å². The average Bonchev–Trinajstić information content (AvgIpc) is 2.37. The molecule has 0 amide bonds. The fraction of sp³-hybridized carbons (Fsp3) is 0.600. The quantitative estimate of drug-likeness (QED) is 0.695. The molecule has 0 unspecified atom stereocenters. The van der Waals surface area contributed by atoms with Crippen LogP contribution in [0.15, 0.2) is 24.3 Å². The van der Waals surface area contributed by atoms with Crippen LogP contribution in [0, 0.1) is 0 Å². The number of nitrogens with zero attached hydrogens (tertiary/aromatic N) is 1. The van der Waals surface area contributed by atoms with Crippen molar-refractivity contribution < 1.29 is 0 Å². The van der Waals surface area contributed by atoms with Crippen LogP contribution in [0.2, 0.25) is 0 Å². The van der Waals surface area contributed by atoms with E-state index in [1.807, 2.05) is 0 Å². The lowest BCUT2D eigenvalue weighted by molar-refractivity contribution is 0.337. The lowest BCUT2D eigenvalue weighted by Gasteiger charge is -2.16. The van der Waals surface area contributed by atoms with Gasteiger partial charge >= 0.3 is 0 Å². The molecule has 0 fully saturated rings. The van der Waals surface area contributed by atoms with E-state index in [4.69, 9.17) is 0 Å². The van der Waals surface area contributed by atoms with Crippen LogP contribution >= 0.6 is 0 Å². The second-order valence-corrected chi connectivity index (χ2v) is 4.58. The lowest BCUT2D eigenvalue weighted by Crippen LogP contribution is -2.30. The highest BCUT2D eigenvalue weighted by atomic mass is 15.1. The number of hydrogen-bond donors (Lipinski definition) is 1. The normalized spacial score (nSPS) is 11.1. The molecule has 0 aliphatic carbocycles. The van der Waals surface area contributed by atoms with Gasteiger partial charge in [0.15, 0.2) is 0 Å². The summed E-state index contributed by atoms with van der Waals surface area (Å²) in [7, 11) is 2.19. The molecule has 2 nitrogen and oxygen atoms in total. The minimum absolute atomic E-state index is 1.06. The van der Waals surface area contributed by atoms with E-state index in [1.165, 1.54) is 11.1 Å². The highest BCUT2D eigenvalue weighted by Gasteiger charge is 1.99. The zero-order valence-electron chi connectivity index (χ0n) is 11.5. The van der Waals surface area contributed by atoms with Gasteiger partial charge in [0.05, 0.1) is 0 Å². The van der Waals surface area contributed by atoms with Crippen molar-refractivity contribution in [3.8, 4) is 0 Å². The summed E-state index contributed by atoms with van der Waals surface area (Å²) in [6.45, 7) is 8.75. The maximum Gasteiger partial charge on any atom is 0.0104 e. The molecular weight excluding hydrogens is 208 g/mol. The first-order valence-electron chi connectivity index (χ1n) is 6.73. The Hall–Kier alpha value is -0.860. The molecule has 1 rings (SSSR count). The van der Waals surface area contributed by atoms with Gasteiger partial charge in [0.2, 0.25) is 0 Å². The summed E-state index contributed by atoms with van der Waals surface area (Å²) in [5.74, 6) is 0. The molecule has 0 saturated carbocycles. The molecule has 17 heavy (non-hydrogen) atoms. The van der Waals surface area contributed by atoms with Gasteiger partial charge in [-0.25, -0.2) is 0 Å². The predicted molar refractivity (Wildman–Crippen MR) is 75.6 cm³/mol. The summed E-state index contributed by atoms with van der Waals surface area (Å²) in [5, 5.41) is 3.35. The SMILES string of the molecule is CCNCCN(C)CCc1ccc(CC)cc1. The molecule has 0 aromatic heterocycles. The van der Waals surface area contributed by atoms with Crippen molar-refractivity contribution in [2.24, 2.45) is 0 Å². The van der Waals surface area contributed by atoms with Crippen LogP contribution in [-0.4, -0.2) is 38.1 Å². The monoisotopic (exact) mass is 234 g/mol. The Morgan fingerprint density at radius 3 is 2.24 bits per heavy atom. The van der Waals surface area contributed by atoms with Gasteiger partial charge in [-0.2, -0.15) is 0 Å². The van der Waals surface area contributed by atoms with Crippen LogP contribution in [0.25, 0.3) is 0 Å². The molecule has 1 aromatic rings. The standard InChI is InChI=1S/C15H26N2/c1-4-14-6-8-15(9-7-14)10-12-17(3)13-11-16-5-2/h6-9,16H,4-5,10-13H2,1-3H3. The van der Waals surface area contributed by atoms with E-state index >= 15 is 0 Å². The third-order valence-corrected chi connectivity index (χ3v) is 3.13. The molecule has 0 aliphatic rings. The second kappa shape index (κ2) is 8.26. The summed E-state index contributed by atoms with van der Waals surface area (Å²) in [5.41, 5.74) is 2.87. The first-order chi connectivity index (χ1) is 8.26. The van der Waals surface area contributed by atoms with E-state index in [1.54, 1.807) is 0 Å². The van der Waals surface area contributed by atoms with Crippen molar-refractivity contribution in [3.63, 3.8) is 0 Å². The van der Waals surface area contributed by atoms with E-state index < -0.39 is 0 Å². The molecule has 1 aromatic carbocycles. The summed E-state index contributed by atoms with van der Waals surface area (Å²) in [4.78, 5) is 2.39. The fourth-order valence-corrected chi connectivity index (χ4v) is 1.82.